The molecule has 0 aromatic carbocycles. The van der Waals surface area contributed by atoms with Crippen LogP contribution in [0.25, 0.3) is 0 Å². The van der Waals surface area contributed by atoms with Crippen LogP contribution in [0.15, 0.2) is 6.20 Å². The fourth-order valence-electron chi connectivity index (χ4n) is 0.722. The van der Waals surface area contributed by atoms with Crippen LogP contribution in [0.3, 0.4) is 0 Å². The number of nitrogens with zero attached hydrogens (tertiary/aromatic N) is 1. The summed E-state index contributed by atoms with van der Waals surface area (Å²) in [5, 5.41) is 8.23. The lowest BCUT2D eigenvalue weighted by molar-refractivity contribution is 0.296. The van der Waals surface area contributed by atoms with Crippen LogP contribution in [0, 0.1) is 6.92 Å². The molecular formula is C7H12N2O3S2. The SMILES string of the molecule is Cc1cnc(NS(=O)(=O)C(C)CO)s1. The standard InChI is InChI=1S/C7H12N2O3S2/c1-5-3-8-7(13-5)9-14(11,12)6(2)4-10/h3,6,10H,4H2,1-2H3,(H,8,9). The van der Waals surface area contributed by atoms with Crippen molar-refractivity contribution in [3.8, 4) is 0 Å². The molecule has 0 aliphatic carbocycles. The molecule has 0 aliphatic rings. The number of rotatable bonds is 4. The molecule has 0 amide bonds. The summed E-state index contributed by atoms with van der Waals surface area (Å²) >= 11 is 1.26. The van der Waals surface area contributed by atoms with Gasteiger partial charge in [-0.3, -0.25) is 4.72 Å². The van der Waals surface area contributed by atoms with Gasteiger partial charge in [0.25, 0.3) is 0 Å². The maximum Gasteiger partial charge on any atom is 0.239 e. The molecule has 80 valence electrons. The topological polar surface area (TPSA) is 79.3 Å². The van der Waals surface area contributed by atoms with Crippen LogP contribution < -0.4 is 4.72 Å². The van der Waals surface area contributed by atoms with E-state index in [1.807, 2.05) is 6.92 Å². The van der Waals surface area contributed by atoms with Gasteiger partial charge < -0.3 is 5.11 Å². The lowest BCUT2D eigenvalue weighted by Crippen LogP contribution is -2.28. The molecule has 14 heavy (non-hydrogen) atoms. The highest BCUT2D eigenvalue weighted by Gasteiger charge is 2.20. The molecule has 2 N–H and O–H groups in total. The Bertz CT molecular complexity index is 399. The number of aryl methyl sites for hydroxylation is 1. The van der Waals surface area contributed by atoms with E-state index >= 15 is 0 Å². The van der Waals surface area contributed by atoms with E-state index in [2.05, 4.69) is 9.71 Å². The zero-order chi connectivity index (χ0) is 10.8. The number of sulfonamides is 1. The van der Waals surface area contributed by atoms with Gasteiger partial charge in [-0.1, -0.05) is 0 Å². The van der Waals surface area contributed by atoms with Gasteiger partial charge in [-0.2, -0.15) is 0 Å². The minimum absolute atomic E-state index is 0.336. The minimum Gasteiger partial charge on any atom is -0.395 e. The van der Waals surface area contributed by atoms with Crippen molar-refractivity contribution < 1.29 is 13.5 Å². The van der Waals surface area contributed by atoms with Gasteiger partial charge in [-0.25, -0.2) is 13.4 Å². The number of aliphatic hydroxyl groups is 1. The van der Waals surface area contributed by atoms with Crippen LogP contribution in [0.4, 0.5) is 5.13 Å². The predicted molar refractivity (Wildman–Crippen MR) is 55.9 cm³/mol. The molecule has 7 heteroatoms. The highest BCUT2D eigenvalue weighted by atomic mass is 32.2. The number of thiazole rings is 1. The summed E-state index contributed by atoms with van der Waals surface area (Å²) in [4.78, 5) is 4.79. The van der Waals surface area contributed by atoms with Gasteiger partial charge in [-0.15, -0.1) is 11.3 Å². The number of hydrogen-bond acceptors (Lipinski definition) is 5. The van der Waals surface area contributed by atoms with Crippen molar-refractivity contribution in [2.45, 2.75) is 19.1 Å². The first-order chi connectivity index (χ1) is 6.45. The van der Waals surface area contributed by atoms with Gasteiger partial charge in [0.1, 0.15) is 5.25 Å². The molecule has 1 aromatic heterocycles. The van der Waals surface area contributed by atoms with E-state index in [4.69, 9.17) is 5.11 Å². The Kier molecular flexibility index (Phi) is 3.46. The molecule has 1 rings (SSSR count). The van der Waals surface area contributed by atoms with Crippen molar-refractivity contribution in [1.29, 1.82) is 0 Å². The van der Waals surface area contributed by atoms with Gasteiger partial charge in [0.2, 0.25) is 10.0 Å². The van der Waals surface area contributed by atoms with Crippen molar-refractivity contribution in [2.24, 2.45) is 0 Å². The summed E-state index contributed by atoms with van der Waals surface area (Å²) in [6.45, 7) is 2.87. The lowest BCUT2D eigenvalue weighted by atomic mass is 10.5. The van der Waals surface area contributed by atoms with Crippen LogP contribution in [-0.2, 0) is 10.0 Å². The highest BCUT2D eigenvalue weighted by molar-refractivity contribution is 7.93. The van der Waals surface area contributed by atoms with Crippen molar-refractivity contribution >= 4 is 26.5 Å². The average Bonchev–Trinajstić information content (AvgIpc) is 2.48. The Morgan fingerprint density at radius 2 is 2.36 bits per heavy atom. The van der Waals surface area contributed by atoms with E-state index < -0.39 is 21.9 Å². The monoisotopic (exact) mass is 236 g/mol. The van der Waals surface area contributed by atoms with Crippen molar-refractivity contribution in [1.82, 2.24) is 4.98 Å². The number of hydrogen-bond donors (Lipinski definition) is 2. The van der Waals surface area contributed by atoms with E-state index in [-0.39, 0.29) is 0 Å². The van der Waals surface area contributed by atoms with Crippen LogP contribution >= 0.6 is 11.3 Å². The first-order valence-electron chi connectivity index (χ1n) is 4.00. The second-order valence-electron chi connectivity index (χ2n) is 2.92. The zero-order valence-electron chi connectivity index (χ0n) is 7.89. The van der Waals surface area contributed by atoms with E-state index in [0.717, 1.165) is 4.88 Å². The zero-order valence-corrected chi connectivity index (χ0v) is 9.52. The first-order valence-corrected chi connectivity index (χ1v) is 6.37. The molecule has 0 spiro atoms. The smallest absolute Gasteiger partial charge is 0.239 e. The van der Waals surface area contributed by atoms with Gasteiger partial charge in [0, 0.05) is 11.1 Å². The molecule has 5 nitrogen and oxygen atoms in total. The molecule has 0 aliphatic heterocycles. The Labute approximate surface area is 86.9 Å². The molecule has 0 saturated heterocycles. The molecule has 1 unspecified atom stereocenters. The maximum absolute atomic E-state index is 11.4. The van der Waals surface area contributed by atoms with Crippen molar-refractivity contribution in [3.63, 3.8) is 0 Å². The Balaban J connectivity index is 2.78. The Morgan fingerprint density at radius 1 is 1.71 bits per heavy atom. The predicted octanol–water partition coefficient (Wildman–Crippen LogP) is 0.574. The molecule has 1 aromatic rings. The van der Waals surface area contributed by atoms with E-state index in [1.165, 1.54) is 18.3 Å². The van der Waals surface area contributed by atoms with Gasteiger partial charge in [0.15, 0.2) is 5.13 Å². The van der Waals surface area contributed by atoms with E-state index in [0.29, 0.717) is 5.13 Å². The average molecular weight is 236 g/mol. The van der Waals surface area contributed by atoms with Crippen molar-refractivity contribution in [2.75, 3.05) is 11.3 Å². The maximum atomic E-state index is 11.4. The molecule has 0 radical (unpaired) electrons. The third kappa shape index (κ3) is 2.66. The number of anilines is 1. The van der Waals surface area contributed by atoms with Gasteiger partial charge in [-0.05, 0) is 13.8 Å². The third-order valence-corrected chi connectivity index (χ3v) is 4.28. The minimum atomic E-state index is -3.50. The number of aromatic nitrogens is 1. The largest absolute Gasteiger partial charge is 0.395 e. The van der Waals surface area contributed by atoms with Crippen LogP contribution in [0.2, 0.25) is 0 Å². The molecule has 0 bridgehead atoms. The van der Waals surface area contributed by atoms with Crippen LogP contribution in [-0.4, -0.2) is 30.4 Å². The first kappa shape index (κ1) is 11.4. The summed E-state index contributed by atoms with van der Waals surface area (Å²) < 4.78 is 25.2. The molecule has 0 fully saturated rings. The Hall–Kier alpha value is -0.660. The third-order valence-electron chi connectivity index (χ3n) is 1.64. The van der Waals surface area contributed by atoms with Crippen LogP contribution in [0.1, 0.15) is 11.8 Å². The summed E-state index contributed by atoms with van der Waals surface area (Å²) in [6.07, 6.45) is 1.59. The molecule has 1 atom stereocenters. The normalized spacial score (nSPS) is 13.9. The number of nitrogens with one attached hydrogen (secondary N) is 1. The van der Waals surface area contributed by atoms with E-state index in [9.17, 15) is 8.42 Å². The molecular weight excluding hydrogens is 224 g/mol. The fourth-order valence-corrected chi connectivity index (χ4v) is 2.45. The number of aliphatic hydroxyl groups excluding tert-OH is 1. The van der Waals surface area contributed by atoms with Gasteiger partial charge >= 0.3 is 0 Å². The molecule has 1 heterocycles. The molecule has 0 saturated carbocycles. The Morgan fingerprint density at radius 3 is 2.79 bits per heavy atom. The van der Waals surface area contributed by atoms with Gasteiger partial charge in [0.05, 0.1) is 6.61 Å². The summed E-state index contributed by atoms with van der Waals surface area (Å²) in [5.74, 6) is 0. The fraction of sp³-hybridized carbons (Fsp3) is 0.571. The lowest BCUT2D eigenvalue weighted by Gasteiger charge is -2.09. The summed E-state index contributed by atoms with van der Waals surface area (Å²) in [6, 6.07) is 0. The highest BCUT2D eigenvalue weighted by Crippen LogP contribution is 2.18. The summed E-state index contributed by atoms with van der Waals surface area (Å²) in [7, 11) is -3.50. The van der Waals surface area contributed by atoms with Crippen molar-refractivity contribution in [3.05, 3.63) is 11.1 Å². The quantitative estimate of drug-likeness (QED) is 0.801. The second-order valence-corrected chi connectivity index (χ2v) is 6.25. The summed E-state index contributed by atoms with van der Waals surface area (Å²) in [5.41, 5.74) is 0. The van der Waals surface area contributed by atoms with Crippen LogP contribution in [0.5, 0.6) is 0 Å². The second kappa shape index (κ2) is 4.24. The van der Waals surface area contributed by atoms with E-state index in [1.54, 1.807) is 6.20 Å².